The molecular formula is C13H22N2O2. The summed E-state index contributed by atoms with van der Waals surface area (Å²) in [6.07, 6.45) is 5.32. The molecule has 1 saturated heterocycles. The van der Waals surface area contributed by atoms with Crippen LogP contribution < -0.4 is 5.32 Å². The molecule has 1 unspecified atom stereocenters. The maximum absolute atomic E-state index is 11.8. The Morgan fingerprint density at radius 3 is 2.76 bits per heavy atom. The number of hydrogen-bond acceptors (Lipinski definition) is 3. The lowest BCUT2D eigenvalue weighted by Gasteiger charge is -2.29. The molecule has 2 fully saturated rings. The van der Waals surface area contributed by atoms with Crippen LogP contribution in [0, 0.1) is 5.92 Å². The van der Waals surface area contributed by atoms with Gasteiger partial charge in [-0.25, -0.2) is 0 Å². The minimum absolute atomic E-state index is 0.0861. The first kappa shape index (κ1) is 12.6. The second kappa shape index (κ2) is 5.63. The molecule has 2 rings (SSSR count). The van der Waals surface area contributed by atoms with Crippen molar-refractivity contribution >= 4 is 11.7 Å². The van der Waals surface area contributed by atoms with Gasteiger partial charge < -0.3 is 5.32 Å². The van der Waals surface area contributed by atoms with E-state index in [1.807, 2.05) is 6.92 Å². The minimum Gasteiger partial charge on any atom is -0.352 e. The van der Waals surface area contributed by atoms with Gasteiger partial charge in [0.05, 0.1) is 6.54 Å². The van der Waals surface area contributed by atoms with E-state index in [0.29, 0.717) is 24.8 Å². The predicted molar refractivity (Wildman–Crippen MR) is 65.6 cm³/mol. The normalized spacial score (nSPS) is 27.4. The SMILES string of the molecule is CC1CN(CC(=O)NC2CCCC2)CCC1=O. The summed E-state index contributed by atoms with van der Waals surface area (Å²) in [4.78, 5) is 25.3. The van der Waals surface area contributed by atoms with Crippen molar-refractivity contribution in [1.29, 1.82) is 0 Å². The van der Waals surface area contributed by atoms with E-state index in [-0.39, 0.29) is 11.8 Å². The van der Waals surface area contributed by atoms with E-state index in [4.69, 9.17) is 0 Å². The molecule has 0 bridgehead atoms. The van der Waals surface area contributed by atoms with Crippen molar-refractivity contribution in [3.63, 3.8) is 0 Å². The Kier molecular flexibility index (Phi) is 4.15. The number of hydrogen-bond donors (Lipinski definition) is 1. The van der Waals surface area contributed by atoms with Crippen LogP contribution >= 0.6 is 0 Å². The zero-order valence-corrected chi connectivity index (χ0v) is 10.6. The molecule has 1 amide bonds. The van der Waals surface area contributed by atoms with Gasteiger partial charge in [0, 0.05) is 31.5 Å². The fourth-order valence-corrected chi connectivity index (χ4v) is 2.79. The molecule has 4 nitrogen and oxygen atoms in total. The first-order chi connectivity index (χ1) is 8.15. The lowest BCUT2D eigenvalue weighted by molar-refractivity contribution is -0.129. The van der Waals surface area contributed by atoms with Crippen LogP contribution in [0.1, 0.15) is 39.0 Å². The molecule has 1 aliphatic carbocycles. The van der Waals surface area contributed by atoms with Gasteiger partial charge in [-0.3, -0.25) is 14.5 Å². The molecule has 0 spiro atoms. The molecule has 1 saturated carbocycles. The van der Waals surface area contributed by atoms with E-state index < -0.39 is 0 Å². The quantitative estimate of drug-likeness (QED) is 0.796. The van der Waals surface area contributed by atoms with E-state index in [2.05, 4.69) is 10.2 Å². The third kappa shape index (κ3) is 3.53. The number of carbonyl (C=O) groups excluding carboxylic acids is 2. The monoisotopic (exact) mass is 238 g/mol. The number of likely N-dealkylation sites (tertiary alicyclic amines) is 1. The summed E-state index contributed by atoms with van der Waals surface area (Å²) in [7, 11) is 0. The molecule has 4 heteroatoms. The van der Waals surface area contributed by atoms with Gasteiger partial charge in [-0.05, 0) is 12.8 Å². The summed E-state index contributed by atoms with van der Waals surface area (Å²) in [6.45, 7) is 3.87. The Balaban J connectivity index is 1.72. The van der Waals surface area contributed by atoms with Crippen molar-refractivity contribution in [3.05, 3.63) is 0 Å². The van der Waals surface area contributed by atoms with Crippen molar-refractivity contribution in [3.8, 4) is 0 Å². The molecule has 96 valence electrons. The first-order valence-electron chi connectivity index (χ1n) is 6.69. The summed E-state index contributed by atoms with van der Waals surface area (Å²) in [6, 6.07) is 0.395. The standard InChI is InChI=1S/C13H22N2O2/c1-10-8-15(7-6-12(10)16)9-13(17)14-11-4-2-3-5-11/h10-11H,2-9H2,1H3,(H,14,17). The maximum Gasteiger partial charge on any atom is 0.234 e. The highest BCUT2D eigenvalue weighted by atomic mass is 16.2. The summed E-state index contributed by atoms with van der Waals surface area (Å²) in [5.41, 5.74) is 0. The van der Waals surface area contributed by atoms with Gasteiger partial charge in [0.2, 0.25) is 5.91 Å². The number of piperidine rings is 1. The molecule has 0 aromatic carbocycles. The van der Waals surface area contributed by atoms with Gasteiger partial charge in [-0.2, -0.15) is 0 Å². The smallest absolute Gasteiger partial charge is 0.234 e. The Labute approximate surface area is 103 Å². The second-order valence-corrected chi connectivity index (χ2v) is 5.40. The van der Waals surface area contributed by atoms with Crippen LogP contribution in [-0.4, -0.2) is 42.3 Å². The molecular weight excluding hydrogens is 216 g/mol. The van der Waals surface area contributed by atoms with Crippen LogP contribution in [0.5, 0.6) is 0 Å². The van der Waals surface area contributed by atoms with Crippen molar-refractivity contribution in [2.75, 3.05) is 19.6 Å². The highest BCUT2D eigenvalue weighted by Crippen LogP contribution is 2.17. The van der Waals surface area contributed by atoms with Crippen LogP contribution in [0.3, 0.4) is 0 Å². The van der Waals surface area contributed by atoms with Crippen LogP contribution in [0.2, 0.25) is 0 Å². The Bertz CT molecular complexity index is 298. The van der Waals surface area contributed by atoms with Crippen LogP contribution in [0.4, 0.5) is 0 Å². The molecule has 1 N–H and O–H groups in total. The van der Waals surface area contributed by atoms with Gasteiger partial charge in [-0.1, -0.05) is 19.8 Å². The summed E-state index contributed by atoms with van der Waals surface area (Å²) in [5, 5.41) is 3.09. The highest BCUT2D eigenvalue weighted by molar-refractivity contribution is 5.82. The third-order valence-corrected chi connectivity index (χ3v) is 3.84. The topological polar surface area (TPSA) is 49.4 Å². The van der Waals surface area contributed by atoms with Gasteiger partial charge in [0.1, 0.15) is 5.78 Å². The largest absolute Gasteiger partial charge is 0.352 e. The average molecular weight is 238 g/mol. The lowest BCUT2D eigenvalue weighted by Crippen LogP contribution is -2.46. The van der Waals surface area contributed by atoms with E-state index in [0.717, 1.165) is 25.9 Å². The molecule has 1 heterocycles. The molecule has 2 aliphatic rings. The second-order valence-electron chi connectivity index (χ2n) is 5.40. The Hall–Kier alpha value is -0.900. The lowest BCUT2D eigenvalue weighted by atomic mass is 9.99. The zero-order chi connectivity index (χ0) is 12.3. The molecule has 0 aromatic rings. The molecule has 0 aromatic heterocycles. The highest BCUT2D eigenvalue weighted by Gasteiger charge is 2.25. The zero-order valence-electron chi connectivity index (χ0n) is 10.6. The van der Waals surface area contributed by atoms with E-state index in [9.17, 15) is 9.59 Å². The number of rotatable bonds is 3. The predicted octanol–water partition coefficient (Wildman–Crippen LogP) is 0.956. The van der Waals surface area contributed by atoms with Crippen molar-refractivity contribution in [2.24, 2.45) is 5.92 Å². The Morgan fingerprint density at radius 2 is 2.12 bits per heavy atom. The number of Topliss-reactive ketones (excluding diaryl/α,β-unsaturated/α-hetero) is 1. The minimum atomic E-state index is 0.0861. The maximum atomic E-state index is 11.8. The van der Waals surface area contributed by atoms with Crippen LogP contribution in [0.15, 0.2) is 0 Å². The van der Waals surface area contributed by atoms with Gasteiger partial charge in [-0.15, -0.1) is 0 Å². The van der Waals surface area contributed by atoms with Crippen LogP contribution in [0.25, 0.3) is 0 Å². The number of nitrogens with zero attached hydrogens (tertiary/aromatic N) is 1. The van der Waals surface area contributed by atoms with E-state index in [1.165, 1.54) is 12.8 Å². The fraction of sp³-hybridized carbons (Fsp3) is 0.846. The number of carbonyl (C=O) groups is 2. The van der Waals surface area contributed by atoms with Gasteiger partial charge in [0.25, 0.3) is 0 Å². The average Bonchev–Trinajstić information content (AvgIpc) is 2.76. The number of amides is 1. The van der Waals surface area contributed by atoms with Crippen molar-refractivity contribution in [1.82, 2.24) is 10.2 Å². The van der Waals surface area contributed by atoms with E-state index >= 15 is 0 Å². The van der Waals surface area contributed by atoms with E-state index in [1.54, 1.807) is 0 Å². The summed E-state index contributed by atoms with van der Waals surface area (Å²) < 4.78 is 0. The van der Waals surface area contributed by atoms with Crippen molar-refractivity contribution in [2.45, 2.75) is 45.1 Å². The molecule has 1 atom stereocenters. The van der Waals surface area contributed by atoms with Gasteiger partial charge in [0.15, 0.2) is 0 Å². The summed E-state index contributed by atoms with van der Waals surface area (Å²) >= 11 is 0. The Morgan fingerprint density at radius 1 is 1.41 bits per heavy atom. The molecule has 0 radical (unpaired) electrons. The summed E-state index contributed by atoms with van der Waals surface area (Å²) in [5.74, 6) is 0.541. The fourth-order valence-electron chi connectivity index (χ4n) is 2.79. The third-order valence-electron chi connectivity index (χ3n) is 3.84. The van der Waals surface area contributed by atoms with Gasteiger partial charge >= 0.3 is 0 Å². The first-order valence-corrected chi connectivity index (χ1v) is 6.69. The molecule has 1 aliphatic heterocycles. The van der Waals surface area contributed by atoms with Crippen LogP contribution in [-0.2, 0) is 9.59 Å². The number of nitrogens with one attached hydrogen (secondary N) is 1. The van der Waals surface area contributed by atoms with Crippen molar-refractivity contribution < 1.29 is 9.59 Å². The molecule has 17 heavy (non-hydrogen) atoms. The number of ketones is 1.